The molecule has 0 saturated carbocycles. The van der Waals surface area contributed by atoms with Crippen molar-refractivity contribution in [3.8, 4) is 0 Å². The predicted molar refractivity (Wildman–Crippen MR) is 85.9 cm³/mol. The Labute approximate surface area is 128 Å². The molecule has 0 saturated heterocycles. The number of nitrogens with one attached hydrogen (secondary N) is 1. The van der Waals surface area contributed by atoms with Crippen LogP contribution in [0.3, 0.4) is 0 Å². The molecule has 1 heterocycles. The van der Waals surface area contributed by atoms with Crippen LogP contribution >= 0.6 is 11.3 Å². The maximum atomic E-state index is 11.9. The number of methoxy groups -OCH3 is 1. The summed E-state index contributed by atoms with van der Waals surface area (Å²) in [7, 11) is 1.50. The van der Waals surface area contributed by atoms with Crippen LogP contribution in [0.25, 0.3) is 0 Å². The van der Waals surface area contributed by atoms with Crippen LogP contribution in [0.5, 0.6) is 0 Å². The lowest BCUT2D eigenvalue weighted by atomic mass is 10.1. The van der Waals surface area contributed by atoms with Crippen LogP contribution in [0.4, 0.5) is 0 Å². The molecule has 0 aliphatic carbocycles. The predicted octanol–water partition coefficient (Wildman–Crippen LogP) is 3.11. The first kappa shape index (κ1) is 15.3. The van der Waals surface area contributed by atoms with Crippen molar-refractivity contribution in [1.29, 1.82) is 0 Å². The van der Waals surface area contributed by atoms with E-state index in [1.54, 1.807) is 6.07 Å². The van der Waals surface area contributed by atoms with Crippen molar-refractivity contribution in [1.82, 2.24) is 5.32 Å². The van der Waals surface area contributed by atoms with Gasteiger partial charge in [-0.2, -0.15) is 0 Å². The second-order valence-corrected chi connectivity index (χ2v) is 5.36. The van der Waals surface area contributed by atoms with E-state index in [1.807, 2.05) is 29.6 Å². The Bertz CT molecular complexity index is 580. The fraction of sp³-hybridized carbons (Fsp3) is 0.250. The van der Waals surface area contributed by atoms with E-state index in [9.17, 15) is 4.79 Å². The minimum Gasteiger partial charge on any atom is -0.468 e. The first-order valence-corrected chi connectivity index (χ1v) is 7.65. The summed E-state index contributed by atoms with van der Waals surface area (Å²) in [4.78, 5) is 16.8. The molecule has 21 heavy (non-hydrogen) atoms. The van der Waals surface area contributed by atoms with Crippen molar-refractivity contribution in [3.05, 3.63) is 58.3 Å². The molecule has 1 N–H and O–H groups in total. The quantitative estimate of drug-likeness (QED) is 0.524. The van der Waals surface area contributed by atoms with E-state index in [2.05, 4.69) is 22.4 Å². The van der Waals surface area contributed by atoms with E-state index in [4.69, 9.17) is 4.74 Å². The highest BCUT2D eigenvalue weighted by Gasteiger charge is 2.09. The van der Waals surface area contributed by atoms with Gasteiger partial charge in [0.2, 0.25) is 0 Å². The number of carbonyl (C=O) groups is 1. The van der Waals surface area contributed by atoms with Gasteiger partial charge in [-0.3, -0.25) is 10.1 Å². The van der Waals surface area contributed by atoms with Gasteiger partial charge in [-0.15, -0.1) is 11.3 Å². The fourth-order valence-corrected chi connectivity index (χ4v) is 2.45. The molecule has 1 amide bonds. The molecule has 2 aromatic rings. The zero-order valence-electron chi connectivity index (χ0n) is 11.9. The van der Waals surface area contributed by atoms with Gasteiger partial charge >= 0.3 is 0 Å². The van der Waals surface area contributed by atoms with Crippen LogP contribution in [0.15, 0.2) is 52.8 Å². The van der Waals surface area contributed by atoms with Crippen LogP contribution in [-0.2, 0) is 11.2 Å². The highest BCUT2D eigenvalue weighted by molar-refractivity contribution is 7.12. The fourth-order valence-electron chi connectivity index (χ4n) is 1.83. The van der Waals surface area contributed by atoms with E-state index >= 15 is 0 Å². The Morgan fingerprint density at radius 2 is 2.05 bits per heavy atom. The Morgan fingerprint density at radius 3 is 2.71 bits per heavy atom. The van der Waals surface area contributed by atoms with Crippen LogP contribution in [0.2, 0.25) is 0 Å². The summed E-state index contributed by atoms with van der Waals surface area (Å²) in [5.74, 6) is -0.186. The van der Waals surface area contributed by atoms with Crippen molar-refractivity contribution < 1.29 is 9.53 Å². The number of amidine groups is 1. The summed E-state index contributed by atoms with van der Waals surface area (Å²) in [5, 5.41) is 4.53. The van der Waals surface area contributed by atoms with Crippen molar-refractivity contribution >= 4 is 23.3 Å². The molecule has 0 aliphatic heterocycles. The maximum absolute atomic E-state index is 11.9. The number of nitrogens with zero attached hydrogens (tertiary/aromatic N) is 1. The summed E-state index contributed by atoms with van der Waals surface area (Å²) in [6, 6.07) is 14.1. The molecule has 0 bridgehead atoms. The Balaban J connectivity index is 1.79. The second-order valence-electron chi connectivity index (χ2n) is 4.41. The third-order valence-electron chi connectivity index (χ3n) is 2.88. The molecule has 0 atom stereocenters. The molecule has 5 heteroatoms. The lowest BCUT2D eigenvalue weighted by molar-refractivity contribution is 0.0972. The summed E-state index contributed by atoms with van der Waals surface area (Å²) >= 11 is 1.39. The van der Waals surface area contributed by atoms with Gasteiger partial charge in [-0.25, -0.2) is 4.99 Å². The summed E-state index contributed by atoms with van der Waals surface area (Å²) < 4.78 is 5.09. The summed E-state index contributed by atoms with van der Waals surface area (Å²) in [6.07, 6.45) is 1.87. The van der Waals surface area contributed by atoms with Gasteiger partial charge in [-0.05, 0) is 29.9 Å². The Morgan fingerprint density at radius 1 is 1.24 bits per heavy atom. The molecule has 0 fully saturated rings. The largest absolute Gasteiger partial charge is 0.468 e. The van der Waals surface area contributed by atoms with Gasteiger partial charge in [0.05, 0.1) is 12.0 Å². The Kier molecular flexibility index (Phi) is 5.97. The van der Waals surface area contributed by atoms with E-state index in [1.165, 1.54) is 24.0 Å². The van der Waals surface area contributed by atoms with Crippen molar-refractivity contribution in [2.24, 2.45) is 4.99 Å². The van der Waals surface area contributed by atoms with Gasteiger partial charge in [0.25, 0.3) is 11.9 Å². The normalized spacial score (nSPS) is 11.2. The summed E-state index contributed by atoms with van der Waals surface area (Å²) in [5.41, 5.74) is 1.29. The molecule has 0 radical (unpaired) electrons. The molecular weight excluding hydrogens is 284 g/mol. The minimum absolute atomic E-state index is 0.186. The van der Waals surface area contributed by atoms with E-state index in [-0.39, 0.29) is 11.9 Å². The van der Waals surface area contributed by atoms with Crippen molar-refractivity contribution in [3.63, 3.8) is 0 Å². The highest BCUT2D eigenvalue weighted by Crippen LogP contribution is 2.07. The smallest absolute Gasteiger partial charge is 0.291 e. The second kappa shape index (κ2) is 8.21. The molecule has 110 valence electrons. The zero-order valence-corrected chi connectivity index (χ0v) is 12.7. The van der Waals surface area contributed by atoms with Gasteiger partial charge in [0.15, 0.2) is 0 Å². The van der Waals surface area contributed by atoms with Gasteiger partial charge in [0.1, 0.15) is 0 Å². The van der Waals surface area contributed by atoms with Gasteiger partial charge < -0.3 is 4.74 Å². The number of amides is 1. The number of rotatable bonds is 5. The van der Waals surface area contributed by atoms with Crippen molar-refractivity contribution in [2.75, 3.05) is 13.7 Å². The number of aryl methyl sites for hydroxylation is 1. The minimum atomic E-state index is -0.186. The molecule has 4 nitrogen and oxygen atoms in total. The third kappa shape index (κ3) is 5.04. The van der Waals surface area contributed by atoms with Crippen LogP contribution in [0.1, 0.15) is 21.7 Å². The maximum Gasteiger partial charge on any atom is 0.291 e. The molecular formula is C16H18N2O2S. The number of aliphatic imine (C=N–C) groups is 1. The average Bonchev–Trinajstić information content (AvgIpc) is 3.05. The monoisotopic (exact) mass is 302 g/mol. The topological polar surface area (TPSA) is 50.7 Å². The molecule has 0 unspecified atom stereocenters. The van der Waals surface area contributed by atoms with Crippen LogP contribution in [-0.4, -0.2) is 25.6 Å². The lowest BCUT2D eigenvalue weighted by Crippen LogP contribution is -2.31. The third-order valence-corrected chi connectivity index (χ3v) is 3.75. The molecule has 0 spiro atoms. The van der Waals surface area contributed by atoms with E-state index in [0.29, 0.717) is 11.4 Å². The highest BCUT2D eigenvalue weighted by atomic mass is 32.1. The summed E-state index contributed by atoms with van der Waals surface area (Å²) in [6.45, 7) is 0.614. The average molecular weight is 302 g/mol. The number of hydrogen-bond donors (Lipinski definition) is 1. The first-order chi connectivity index (χ1) is 10.3. The van der Waals surface area contributed by atoms with E-state index in [0.717, 1.165) is 12.8 Å². The molecule has 2 rings (SSSR count). The number of carbonyl (C=O) groups excluding carboxylic acids is 1. The lowest BCUT2D eigenvalue weighted by Gasteiger charge is -2.06. The first-order valence-electron chi connectivity index (χ1n) is 6.77. The molecule has 1 aromatic carbocycles. The van der Waals surface area contributed by atoms with E-state index < -0.39 is 0 Å². The zero-order chi connectivity index (χ0) is 14.9. The van der Waals surface area contributed by atoms with Crippen LogP contribution < -0.4 is 5.32 Å². The van der Waals surface area contributed by atoms with Gasteiger partial charge in [0, 0.05) is 6.54 Å². The molecule has 1 aromatic heterocycles. The number of thiophene rings is 1. The number of benzene rings is 1. The van der Waals surface area contributed by atoms with Gasteiger partial charge in [-0.1, -0.05) is 36.4 Å². The molecule has 0 aliphatic rings. The standard InChI is InChI=1S/C16H18N2O2S/c1-20-16(18-15(19)14-10-6-12-21-14)17-11-5-9-13-7-3-2-4-8-13/h2-4,6-8,10,12H,5,9,11H2,1H3,(H,17,18,19). The van der Waals surface area contributed by atoms with Crippen LogP contribution in [0, 0.1) is 0 Å². The number of hydrogen-bond acceptors (Lipinski definition) is 4. The SMILES string of the molecule is COC(=NCCCc1ccccc1)NC(=O)c1cccs1. The van der Waals surface area contributed by atoms with Crippen molar-refractivity contribution in [2.45, 2.75) is 12.8 Å². The number of ether oxygens (including phenoxy) is 1. The Hall–Kier alpha value is -2.14.